The number of rotatable bonds is 6. The van der Waals surface area contributed by atoms with Crippen LogP contribution in [0.2, 0.25) is 0 Å². The van der Waals surface area contributed by atoms with Crippen LogP contribution < -0.4 is 0 Å². The molecule has 0 amide bonds. The third-order valence-electron chi connectivity index (χ3n) is 2.85. The molecule has 0 fully saturated rings. The summed E-state index contributed by atoms with van der Waals surface area (Å²) in [5.74, 6) is 0.731. The van der Waals surface area contributed by atoms with E-state index in [0.717, 1.165) is 19.0 Å². The predicted octanol–water partition coefficient (Wildman–Crippen LogP) is 2.74. The van der Waals surface area contributed by atoms with E-state index in [1.54, 1.807) is 0 Å². The van der Waals surface area contributed by atoms with E-state index >= 15 is 0 Å². The molecule has 1 unspecified atom stereocenters. The molecule has 0 aromatic heterocycles. The van der Waals surface area contributed by atoms with Gasteiger partial charge in [-0.05, 0) is 25.7 Å². The van der Waals surface area contributed by atoms with Crippen molar-refractivity contribution < 1.29 is 0 Å². The molecule has 88 valence electrons. The van der Waals surface area contributed by atoms with Crippen LogP contribution in [0.5, 0.6) is 0 Å². The molecule has 0 saturated carbocycles. The summed E-state index contributed by atoms with van der Waals surface area (Å²) in [5.41, 5.74) is 0. The van der Waals surface area contributed by atoms with Crippen molar-refractivity contribution in [1.82, 2.24) is 9.91 Å². The largest absolute Gasteiger partial charge is 0.339 e. The van der Waals surface area contributed by atoms with Gasteiger partial charge >= 0.3 is 0 Å². The molecule has 0 spiro atoms. The molecule has 3 heteroatoms. The Labute approximate surface area is 94.1 Å². The van der Waals surface area contributed by atoms with Crippen LogP contribution in [0.15, 0.2) is 5.10 Å². The smallest absolute Gasteiger partial charge is 0.119 e. The second-order valence-corrected chi connectivity index (χ2v) is 4.69. The topological polar surface area (TPSA) is 18.8 Å². The first-order valence-corrected chi connectivity index (χ1v) is 6.25. The van der Waals surface area contributed by atoms with Crippen molar-refractivity contribution in [1.29, 1.82) is 0 Å². The molecule has 3 nitrogen and oxygen atoms in total. The van der Waals surface area contributed by atoms with Gasteiger partial charge < -0.3 is 4.90 Å². The summed E-state index contributed by atoms with van der Waals surface area (Å²) in [6.45, 7) is 11.1. The summed E-state index contributed by atoms with van der Waals surface area (Å²) < 4.78 is 0. The van der Waals surface area contributed by atoms with E-state index in [4.69, 9.17) is 0 Å². The molecule has 0 aromatic carbocycles. The molecule has 0 saturated heterocycles. The molecule has 0 N–H and O–H groups in total. The average Bonchev–Trinajstić information content (AvgIpc) is 2.57. The molecule has 1 rings (SSSR count). The molecule has 1 aliphatic heterocycles. The van der Waals surface area contributed by atoms with E-state index < -0.39 is 0 Å². The Kier molecular flexibility index (Phi) is 4.92. The first-order chi connectivity index (χ1) is 7.19. The van der Waals surface area contributed by atoms with Gasteiger partial charge in [-0.15, -0.1) is 0 Å². The zero-order chi connectivity index (χ0) is 11.3. The van der Waals surface area contributed by atoms with E-state index in [9.17, 15) is 0 Å². The van der Waals surface area contributed by atoms with Gasteiger partial charge in [0.1, 0.15) is 12.5 Å². The SMILES string of the molecule is CCCCN1C=NN(CC)C1CC(C)C. The summed E-state index contributed by atoms with van der Waals surface area (Å²) in [7, 11) is 0. The predicted molar refractivity (Wildman–Crippen MR) is 65.7 cm³/mol. The zero-order valence-electron chi connectivity index (χ0n) is 10.6. The molecule has 1 heterocycles. The highest BCUT2D eigenvalue weighted by atomic mass is 15.6. The zero-order valence-corrected chi connectivity index (χ0v) is 10.6. The van der Waals surface area contributed by atoms with Crippen molar-refractivity contribution in [2.45, 2.75) is 53.1 Å². The summed E-state index contributed by atoms with van der Waals surface area (Å²) in [4.78, 5) is 2.40. The van der Waals surface area contributed by atoms with Gasteiger partial charge in [0.15, 0.2) is 0 Å². The second-order valence-electron chi connectivity index (χ2n) is 4.69. The van der Waals surface area contributed by atoms with E-state index in [0.29, 0.717) is 6.17 Å². The van der Waals surface area contributed by atoms with Gasteiger partial charge in [0.05, 0.1) is 0 Å². The van der Waals surface area contributed by atoms with Crippen LogP contribution in [0.3, 0.4) is 0 Å². The molecule has 1 aliphatic rings. The number of hydrogen-bond acceptors (Lipinski definition) is 3. The van der Waals surface area contributed by atoms with Crippen molar-refractivity contribution in [3.63, 3.8) is 0 Å². The highest BCUT2D eigenvalue weighted by molar-refractivity contribution is 5.57. The Morgan fingerprint density at radius 2 is 2.07 bits per heavy atom. The Balaban J connectivity index is 2.50. The average molecular weight is 211 g/mol. The normalized spacial score (nSPS) is 20.7. The molecule has 0 aliphatic carbocycles. The van der Waals surface area contributed by atoms with Crippen molar-refractivity contribution in [2.24, 2.45) is 11.0 Å². The maximum atomic E-state index is 4.46. The fourth-order valence-corrected chi connectivity index (χ4v) is 1.98. The van der Waals surface area contributed by atoms with Gasteiger partial charge in [0.25, 0.3) is 0 Å². The summed E-state index contributed by atoms with van der Waals surface area (Å²) in [6.07, 6.45) is 6.24. The first kappa shape index (κ1) is 12.3. The van der Waals surface area contributed by atoms with Crippen LogP contribution in [-0.4, -0.2) is 35.5 Å². The van der Waals surface area contributed by atoms with Crippen LogP contribution in [0.4, 0.5) is 0 Å². The molecule has 0 aromatic rings. The minimum atomic E-state index is 0.501. The Morgan fingerprint density at radius 3 is 2.60 bits per heavy atom. The summed E-state index contributed by atoms with van der Waals surface area (Å²) in [5, 5.41) is 6.66. The van der Waals surface area contributed by atoms with E-state index in [1.807, 2.05) is 6.34 Å². The van der Waals surface area contributed by atoms with Crippen LogP contribution in [0.25, 0.3) is 0 Å². The van der Waals surface area contributed by atoms with Gasteiger partial charge in [0, 0.05) is 13.1 Å². The lowest BCUT2D eigenvalue weighted by molar-refractivity contribution is 0.114. The molecule has 15 heavy (non-hydrogen) atoms. The van der Waals surface area contributed by atoms with Gasteiger partial charge in [0.2, 0.25) is 0 Å². The molecule has 0 radical (unpaired) electrons. The standard InChI is InChI=1S/C12H25N3/c1-5-7-8-14-10-13-15(6-2)12(14)9-11(3)4/h10-12H,5-9H2,1-4H3. The molecule has 0 bridgehead atoms. The van der Waals surface area contributed by atoms with Gasteiger partial charge in [-0.1, -0.05) is 27.2 Å². The highest BCUT2D eigenvalue weighted by Gasteiger charge is 2.26. The van der Waals surface area contributed by atoms with E-state index in [1.165, 1.54) is 19.3 Å². The number of nitrogens with zero attached hydrogens (tertiary/aromatic N) is 3. The van der Waals surface area contributed by atoms with Crippen molar-refractivity contribution >= 4 is 6.34 Å². The maximum absolute atomic E-state index is 4.46. The lowest BCUT2D eigenvalue weighted by Crippen LogP contribution is -2.41. The van der Waals surface area contributed by atoms with Gasteiger partial charge in [-0.25, -0.2) is 0 Å². The van der Waals surface area contributed by atoms with Crippen molar-refractivity contribution in [3.05, 3.63) is 0 Å². The third kappa shape index (κ3) is 3.40. The fourth-order valence-electron chi connectivity index (χ4n) is 1.98. The first-order valence-electron chi connectivity index (χ1n) is 6.25. The van der Waals surface area contributed by atoms with Crippen LogP contribution in [0, 0.1) is 5.92 Å². The Bertz CT molecular complexity index is 201. The number of hydrogen-bond donors (Lipinski definition) is 0. The van der Waals surface area contributed by atoms with E-state index in [2.05, 4.69) is 42.7 Å². The Hall–Kier alpha value is -0.730. The maximum Gasteiger partial charge on any atom is 0.119 e. The number of hydrazone groups is 1. The quantitative estimate of drug-likeness (QED) is 0.672. The second kappa shape index (κ2) is 5.99. The lowest BCUT2D eigenvalue weighted by Gasteiger charge is -2.31. The van der Waals surface area contributed by atoms with Crippen LogP contribution in [0.1, 0.15) is 47.0 Å². The monoisotopic (exact) mass is 211 g/mol. The molecular weight excluding hydrogens is 186 g/mol. The third-order valence-corrected chi connectivity index (χ3v) is 2.85. The van der Waals surface area contributed by atoms with Crippen LogP contribution >= 0.6 is 0 Å². The lowest BCUT2D eigenvalue weighted by atomic mass is 10.1. The molecule has 1 atom stereocenters. The van der Waals surface area contributed by atoms with Crippen molar-refractivity contribution in [2.75, 3.05) is 13.1 Å². The Morgan fingerprint density at radius 1 is 1.33 bits per heavy atom. The number of unbranched alkanes of at least 4 members (excludes halogenated alkanes) is 1. The highest BCUT2D eigenvalue weighted by Crippen LogP contribution is 2.19. The molecular formula is C12H25N3. The van der Waals surface area contributed by atoms with Crippen molar-refractivity contribution in [3.8, 4) is 0 Å². The summed E-state index contributed by atoms with van der Waals surface area (Å²) in [6, 6.07) is 0. The minimum absolute atomic E-state index is 0.501. The van der Waals surface area contributed by atoms with Crippen LogP contribution in [-0.2, 0) is 0 Å². The van der Waals surface area contributed by atoms with Gasteiger partial charge in [-0.3, -0.25) is 5.01 Å². The minimum Gasteiger partial charge on any atom is -0.339 e. The van der Waals surface area contributed by atoms with E-state index in [-0.39, 0.29) is 0 Å². The fraction of sp³-hybridized carbons (Fsp3) is 0.917. The summed E-state index contributed by atoms with van der Waals surface area (Å²) >= 11 is 0. The van der Waals surface area contributed by atoms with Gasteiger partial charge in [-0.2, -0.15) is 5.10 Å².